The second-order valence-electron chi connectivity index (χ2n) is 8.48. The van der Waals surface area contributed by atoms with Crippen LogP contribution in [0.1, 0.15) is 44.7 Å². The second kappa shape index (κ2) is 9.03. The topological polar surface area (TPSA) is 61.8 Å². The molecule has 0 atom stereocenters. The molecule has 1 saturated heterocycles. The van der Waals surface area contributed by atoms with E-state index in [0.717, 1.165) is 16.8 Å². The van der Waals surface area contributed by atoms with Crippen molar-refractivity contribution >= 4 is 17.5 Å². The maximum absolute atomic E-state index is 12.7. The molecule has 0 spiro atoms. The summed E-state index contributed by atoms with van der Waals surface area (Å²) in [5.74, 6) is -0.0717. The summed E-state index contributed by atoms with van der Waals surface area (Å²) in [6.07, 6.45) is 1.32. The van der Waals surface area contributed by atoms with Gasteiger partial charge in [-0.05, 0) is 12.8 Å². The molecule has 2 aromatic rings. The molecule has 1 heterocycles. The average Bonchev–Trinajstić information content (AvgIpc) is 2.74. The molecule has 5 heteroatoms. The summed E-state index contributed by atoms with van der Waals surface area (Å²) in [7, 11) is 0. The lowest BCUT2D eigenvalue weighted by Gasteiger charge is -2.35. The summed E-state index contributed by atoms with van der Waals surface area (Å²) in [5, 5.41) is 4.47. The molecule has 0 bridgehead atoms. The van der Waals surface area contributed by atoms with E-state index >= 15 is 0 Å². The number of nitrogens with one attached hydrogen (secondary N) is 1. The Kier molecular flexibility index (Phi) is 6.47. The van der Waals surface area contributed by atoms with E-state index in [2.05, 4.69) is 10.5 Å². The van der Waals surface area contributed by atoms with Gasteiger partial charge in [0.15, 0.2) is 0 Å². The van der Waals surface area contributed by atoms with Crippen LogP contribution in [-0.4, -0.2) is 35.5 Å². The maximum Gasteiger partial charge on any atom is 0.243 e. The number of carbonyl (C=O) groups excluding carboxylic acids is 2. The molecule has 3 rings (SSSR count). The fourth-order valence-electron chi connectivity index (χ4n) is 3.51. The van der Waals surface area contributed by atoms with Crippen molar-refractivity contribution in [3.63, 3.8) is 0 Å². The molecule has 0 aliphatic carbocycles. The highest BCUT2D eigenvalue weighted by molar-refractivity contribution is 6.13. The van der Waals surface area contributed by atoms with Crippen molar-refractivity contribution in [3.05, 3.63) is 71.8 Å². The van der Waals surface area contributed by atoms with Crippen molar-refractivity contribution < 1.29 is 9.59 Å². The van der Waals surface area contributed by atoms with Crippen molar-refractivity contribution in [1.29, 1.82) is 0 Å². The van der Waals surface area contributed by atoms with Gasteiger partial charge in [0.05, 0.1) is 5.71 Å². The van der Waals surface area contributed by atoms with Crippen LogP contribution in [0.4, 0.5) is 0 Å². The smallest absolute Gasteiger partial charge is 0.243 e. The minimum absolute atomic E-state index is 0.0859. The fraction of sp³-hybridized carbons (Fsp3) is 0.375. The van der Waals surface area contributed by atoms with Gasteiger partial charge in [-0.15, -0.1) is 0 Å². The molecular weight excluding hydrogens is 362 g/mol. The molecule has 5 nitrogen and oxygen atoms in total. The van der Waals surface area contributed by atoms with Crippen LogP contribution in [0, 0.1) is 11.3 Å². The lowest BCUT2D eigenvalue weighted by atomic mass is 9.91. The van der Waals surface area contributed by atoms with E-state index in [1.165, 1.54) is 0 Å². The predicted octanol–water partition coefficient (Wildman–Crippen LogP) is 3.84. The van der Waals surface area contributed by atoms with Gasteiger partial charge in [0.1, 0.15) is 0 Å². The first-order valence-electron chi connectivity index (χ1n) is 10.1. The lowest BCUT2D eigenvalue weighted by Crippen LogP contribution is -2.46. The summed E-state index contributed by atoms with van der Waals surface area (Å²) >= 11 is 0. The Morgan fingerprint density at radius 1 is 0.897 bits per heavy atom. The van der Waals surface area contributed by atoms with Gasteiger partial charge in [-0.1, -0.05) is 81.4 Å². The highest BCUT2D eigenvalue weighted by Gasteiger charge is 2.32. The highest BCUT2D eigenvalue weighted by atomic mass is 16.2. The fourth-order valence-corrected chi connectivity index (χ4v) is 3.51. The van der Waals surface area contributed by atoms with Crippen LogP contribution in [0.25, 0.3) is 0 Å². The van der Waals surface area contributed by atoms with E-state index in [1.54, 1.807) is 0 Å². The molecule has 0 aromatic heterocycles. The largest absolute Gasteiger partial charge is 0.342 e. The van der Waals surface area contributed by atoms with E-state index in [0.29, 0.717) is 25.9 Å². The van der Waals surface area contributed by atoms with Gasteiger partial charge in [-0.25, -0.2) is 5.43 Å². The number of benzene rings is 2. The monoisotopic (exact) mass is 391 g/mol. The number of rotatable bonds is 4. The van der Waals surface area contributed by atoms with Crippen LogP contribution >= 0.6 is 0 Å². The quantitative estimate of drug-likeness (QED) is 0.636. The Morgan fingerprint density at radius 3 is 1.83 bits per heavy atom. The molecule has 0 radical (unpaired) electrons. The Balaban J connectivity index is 1.68. The van der Waals surface area contributed by atoms with Crippen molar-refractivity contribution in [2.24, 2.45) is 16.4 Å². The molecular formula is C24H29N3O2. The number of carbonyl (C=O) groups is 2. The summed E-state index contributed by atoms with van der Waals surface area (Å²) in [6, 6.07) is 19.7. The van der Waals surface area contributed by atoms with Crippen LogP contribution in [0.15, 0.2) is 65.8 Å². The normalized spacial score (nSPS) is 14.9. The zero-order valence-electron chi connectivity index (χ0n) is 17.4. The molecule has 1 fully saturated rings. The molecule has 1 aliphatic heterocycles. The molecule has 1 aliphatic rings. The molecule has 0 unspecified atom stereocenters. The van der Waals surface area contributed by atoms with Crippen LogP contribution in [0.2, 0.25) is 0 Å². The Bertz CT molecular complexity index is 821. The molecule has 2 aromatic carbocycles. The van der Waals surface area contributed by atoms with Crippen molar-refractivity contribution in [3.8, 4) is 0 Å². The first-order valence-corrected chi connectivity index (χ1v) is 10.1. The summed E-state index contributed by atoms with van der Waals surface area (Å²) < 4.78 is 0. The third-order valence-electron chi connectivity index (χ3n) is 5.17. The van der Waals surface area contributed by atoms with E-state index in [1.807, 2.05) is 86.3 Å². The average molecular weight is 392 g/mol. The van der Waals surface area contributed by atoms with Crippen LogP contribution in [0.3, 0.4) is 0 Å². The Hall–Kier alpha value is -2.95. The third kappa shape index (κ3) is 5.31. The lowest BCUT2D eigenvalue weighted by molar-refractivity contribution is -0.142. The summed E-state index contributed by atoms with van der Waals surface area (Å²) in [5.41, 5.74) is 5.01. The van der Waals surface area contributed by atoms with E-state index < -0.39 is 0 Å². The van der Waals surface area contributed by atoms with Gasteiger partial charge >= 0.3 is 0 Å². The van der Waals surface area contributed by atoms with Crippen molar-refractivity contribution in [1.82, 2.24) is 10.3 Å². The molecule has 29 heavy (non-hydrogen) atoms. The van der Waals surface area contributed by atoms with Gasteiger partial charge in [-0.3, -0.25) is 9.59 Å². The second-order valence-corrected chi connectivity index (χ2v) is 8.48. The molecule has 1 N–H and O–H groups in total. The Labute approximate surface area is 172 Å². The van der Waals surface area contributed by atoms with E-state index in [-0.39, 0.29) is 23.1 Å². The predicted molar refractivity (Wildman–Crippen MR) is 115 cm³/mol. The minimum atomic E-state index is -0.389. The number of nitrogens with zero attached hydrogens (tertiary/aromatic N) is 2. The molecule has 0 saturated carbocycles. The number of likely N-dealkylation sites (tertiary alicyclic amines) is 1. The van der Waals surface area contributed by atoms with Gasteiger partial charge in [0.2, 0.25) is 11.8 Å². The zero-order chi connectivity index (χ0) is 20.9. The van der Waals surface area contributed by atoms with E-state index in [4.69, 9.17) is 0 Å². The van der Waals surface area contributed by atoms with Gasteiger partial charge < -0.3 is 4.90 Å². The maximum atomic E-state index is 12.7. The first-order chi connectivity index (χ1) is 13.9. The standard InChI is InChI=1S/C24H29N3O2/c1-24(2,3)23(29)27-16-14-20(15-17-27)22(28)26-25-21(18-10-6-4-7-11-18)19-12-8-5-9-13-19/h4-13,20H,14-17H2,1-3H3,(H,26,28). The summed E-state index contributed by atoms with van der Waals surface area (Å²) in [4.78, 5) is 27.0. The number of amides is 2. The third-order valence-corrected chi connectivity index (χ3v) is 5.17. The van der Waals surface area contributed by atoms with Crippen molar-refractivity contribution in [2.45, 2.75) is 33.6 Å². The number of hydrazone groups is 1. The van der Waals surface area contributed by atoms with E-state index in [9.17, 15) is 9.59 Å². The number of hydrogen-bond donors (Lipinski definition) is 1. The van der Waals surface area contributed by atoms with Gasteiger partial charge in [-0.2, -0.15) is 5.10 Å². The van der Waals surface area contributed by atoms with Crippen LogP contribution in [0.5, 0.6) is 0 Å². The Morgan fingerprint density at radius 2 is 1.38 bits per heavy atom. The number of piperidine rings is 1. The SMILES string of the molecule is CC(C)(C)C(=O)N1CCC(C(=O)NN=C(c2ccccc2)c2ccccc2)CC1. The van der Waals surface area contributed by atoms with Crippen LogP contribution < -0.4 is 5.43 Å². The molecule has 2 amide bonds. The minimum Gasteiger partial charge on any atom is -0.342 e. The highest BCUT2D eigenvalue weighted by Crippen LogP contribution is 2.23. The summed E-state index contributed by atoms with van der Waals surface area (Å²) in [6.45, 7) is 7.01. The zero-order valence-corrected chi connectivity index (χ0v) is 17.4. The molecule has 152 valence electrons. The van der Waals surface area contributed by atoms with Gasteiger partial charge in [0, 0.05) is 35.5 Å². The van der Waals surface area contributed by atoms with Gasteiger partial charge in [0.25, 0.3) is 0 Å². The first kappa shape index (κ1) is 20.8. The number of hydrogen-bond acceptors (Lipinski definition) is 3. The van der Waals surface area contributed by atoms with Crippen molar-refractivity contribution in [2.75, 3.05) is 13.1 Å². The van der Waals surface area contributed by atoms with Crippen LogP contribution in [-0.2, 0) is 9.59 Å².